The van der Waals surface area contributed by atoms with Crippen molar-refractivity contribution in [2.45, 2.75) is 39.3 Å². The molecule has 0 radical (unpaired) electrons. The second kappa shape index (κ2) is 6.62. The van der Waals surface area contributed by atoms with Crippen LogP contribution in [0.3, 0.4) is 0 Å². The molecule has 1 aliphatic rings. The van der Waals surface area contributed by atoms with Gasteiger partial charge < -0.3 is 20.9 Å². The van der Waals surface area contributed by atoms with Crippen molar-refractivity contribution in [1.82, 2.24) is 14.8 Å². The van der Waals surface area contributed by atoms with Crippen molar-refractivity contribution < 1.29 is 4.79 Å². The molecule has 7 heteroatoms. The Balaban J connectivity index is 2.17. The largest absolute Gasteiger partial charge is 0.382 e. The quantitative estimate of drug-likeness (QED) is 0.889. The van der Waals surface area contributed by atoms with Gasteiger partial charge in [0.15, 0.2) is 5.13 Å². The van der Waals surface area contributed by atoms with Gasteiger partial charge in [-0.2, -0.15) is 0 Å². The number of thiazole rings is 1. The molecule has 1 amide bonds. The lowest BCUT2D eigenvalue weighted by Crippen LogP contribution is -2.41. The minimum Gasteiger partial charge on any atom is -0.382 e. The number of nitrogens with two attached hydrogens (primary N) is 1. The number of hydrogen-bond acceptors (Lipinski definition) is 6. The molecule has 1 unspecified atom stereocenters. The third-order valence-corrected chi connectivity index (χ3v) is 4.56. The molecule has 118 valence electrons. The standard InChI is InChI=1S/C14H25N5OS/c1-9(2)16-14-17-12(15)11(21-14)13(20)19-7-5-6-18(4)8-10(19)3/h9-10H,5-8,15H2,1-4H3,(H,16,17). The van der Waals surface area contributed by atoms with E-state index in [2.05, 4.69) is 29.2 Å². The summed E-state index contributed by atoms with van der Waals surface area (Å²) in [5, 5.41) is 3.92. The van der Waals surface area contributed by atoms with Crippen molar-refractivity contribution in [3.8, 4) is 0 Å². The van der Waals surface area contributed by atoms with E-state index in [1.165, 1.54) is 11.3 Å². The number of carbonyl (C=O) groups excluding carboxylic acids is 1. The summed E-state index contributed by atoms with van der Waals surface area (Å²) in [4.78, 5) is 21.8. The zero-order valence-corrected chi connectivity index (χ0v) is 14.0. The molecule has 0 bridgehead atoms. The topological polar surface area (TPSA) is 74.5 Å². The third-order valence-electron chi connectivity index (χ3n) is 3.57. The van der Waals surface area contributed by atoms with Crippen molar-refractivity contribution in [1.29, 1.82) is 0 Å². The number of aromatic nitrogens is 1. The van der Waals surface area contributed by atoms with E-state index in [0.717, 1.165) is 26.1 Å². The van der Waals surface area contributed by atoms with Crippen LogP contribution in [-0.4, -0.2) is 59.5 Å². The third kappa shape index (κ3) is 3.85. The molecule has 2 rings (SSSR count). The maximum Gasteiger partial charge on any atom is 0.268 e. The zero-order valence-electron chi connectivity index (χ0n) is 13.2. The first-order chi connectivity index (χ1) is 9.88. The second-order valence-electron chi connectivity index (χ2n) is 6.00. The summed E-state index contributed by atoms with van der Waals surface area (Å²) in [7, 11) is 2.09. The summed E-state index contributed by atoms with van der Waals surface area (Å²) >= 11 is 1.35. The number of anilines is 2. The summed E-state index contributed by atoms with van der Waals surface area (Å²) in [6, 6.07) is 0.456. The molecule has 6 nitrogen and oxygen atoms in total. The molecular formula is C14H25N5OS. The molecule has 1 atom stereocenters. The molecule has 0 saturated carbocycles. The van der Waals surface area contributed by atoms with Crippen LogP contribution in [0.5, 0.6) is 0 Å². The lowest BCUT2D eigenvalue weighted by molar-refractivity contribution is 0.0702. The fraction of sp³-hybridized carbons (Fsp3) is 0.714. The Labute approximate surface area is 130 Å². The fourth-order valence-corrected chi connectivity index (χ4v) is 3.59. The predicted octanol–water partition coefficient (Wildman–Crippen LogP) is 1.71. The number of likely N-dealkylation sites (N-methyl/N-ethyl adjacent to an activating group) is 1. The van der Waals surface area contributed by atoms with E-state index in [4.69, 9.17) is 5.73 Å². The zero-order chi connectivity index (χ0) is 15.6. The molecule has 21 heavy (non-hydrogen) atoms. The number of nitrogen functional groups attached to an aromatic ring is 1. The first-order valence-electron chi connectivity index (χ1n) is 7.40. The van der Waals surface area contributed by atoms with Crippen LogP contribution in [0, 0.1) is 0 Å². The molecule has 1 saturated heterocycles. The molecule has 1 aliphatic heterocycles. The molecule has 1 aromatic heterocycles. The summed E-state index contributed by atoms with van der Waals surface area (Å²) < 4.78 is 0. The molecule has 2 heterocycles. The number of rotatable bonds is 3. The summed E-state index contributed by atoms with van der Waals surface area (Å²) in [5.41, 5.74) is 5.94. The van der Waals surface area contributed by atoms with Gasteiger partial charge in [-0.1, -0.05) is 11.3 Å². The maximum absolute atomic E-state index is 12.8. The molecular weight excluding hydrogens is 286 g/mol. The van der Waals surface area contributed by atoms with Crippen molar-refractivity contribution in [3.05, 3.63) is 4.88 Å². The summed E-state index contributed by atoms with van der Waals surface area (Å²) in [6.45, 7) is 8.84. The average Bonchev–Trinajstić information content (AvgIpc) is 2.63. The highest BCUT2D eigenvalue weighted by Gasteiger charge is 2.28. The van der Waals surface area contributed by atoms with Crippen LogP contribution in [0.2, 0.25) is 0 Å². The van der Waals surface area contributed by atoms with Gasteiger partial charge in [0, 0.05) is 25.2 Å². The van der Waals surface area contributed by atoms with Gasteiger partial charge in [0.1, 0.15) is 10.7 Å². The first-order valence-corrected chi connectivity index (χ1v) is 8.22. The normalized spacial score (nSPS) is 20.6. The first kappa shape index (κ1) is 16.0. The number of hydrogen-bond donors (Lipinski definition) is 2. The lowest BCUT2D eigenvalue weighted by Gasteiger charge is -2.27. The predicted molar refractivity (Wildman–Crippen MR) is 87.9 cm³/mol. The molecule has 0 aliphatic carbocycles. The van der Waals surface area contributed by atoms with E-state index < -0.39 is 0 Å². The van der Waals surface area contributed by atoms with Crippen LogP contribution in [-0.2, 0) is 0 Å². The van der Waals surface area contributed by atoms with Crippen molar-refractivity contribution >= 4 is 28.2 Å². The van der Waals surface area contributed by atoms with E-state index in [0.29, 0.717) is 15.8 Å². The van der Waals surface area contributed by atoms with Crippen LogP contribution in [0.25, 0.3) is 0 Å². The SMILES string of the molecule is CC(C)Nc1nc(N)c(C(=O)N2CCCN(C)CC2C)s1. The van der Waals surface area contributed by atoms with Crippen molar-refractivity contribution in [3.63, 3.8) is 0 Å². The smallest absolute Gasteiger partial charge is 0.268 e. The van der Waals surface area contributed by atoms with E-state index in [1.807, 2.05) is 18.7 Å². The summed E-state index contributed by atoms with van der Waals surface area (Å²) in [6.07, 6.45) is 0.988. The van der Waals surface area contributed by atoms with E-state index >= 15 is 0 Å². The molecule has 1 aromatic rings. The number of nitrogens with zero attached hydrogens (tertiary/aromatic N) is 3. The highest BCUT2D eigenvalue weighted by Crippen LogP contribution is 2.28. The van der Waals surface area contributed by atoms with Gasteiger partial charge in [-0.3, -0.25) is 4.79 Å². The molecule has 3 N–H and O–H groups in total. The van der Waals surface area contributed by atoms with E-state index in [-0.39, 0.29) is 18.0 Å². The monoisotopic (exact) mass is 311 g/mol. The Morgan fingerprint density at radius 2 is 2.19 bits per heavy atom. The van der Waals surface area contributed by atoms with Gasteiger partial charge in [0.05, 0.1) is 0 Å². The van der Waals surface area contributed by atoms with E-state index in [9.17, 15) is 4.79 Å². The maximum atomic E-state index is 12.8. The van der Waals surface area contributed by atoms with Gasteiger partial charge in [0.2, 0.25) is 0 Å². The van der Waals surface area contributed by atoms with Gasteiger partial charge in [-0.15, -0.1) is 0 Å². The van der Waals surface area contributed by atoms with Gasteiger partial charge >= 0.3 is 0 Å². The lowest BCUT2D eigenvalue weighted by atomic mass is 10.2. The van der Waals surface area contributed by atoms with Crippen LogP contribution in [0.15, 0.2) is 0 Å². The Morgan fingerprint density at radius 3 is 2.86 bits per heavy atom. The highest BCUT2D eigenvalue weighted by atomic mass is 32.1. The van der Waals surface area contributed by atoms with Gasteiger partial charge in [-0.25, -0.2) is 4.98 Å². The van der Waals surface area contributed by atoms with Gasteiger partial charge in [0.25, 0.3) is 5.91 Å². The van der Waals surface area contributed by atoms with Crippen molar-refractivity contribution in [2.75, 3.05) is 37.7 Å². The van der Waals surface area contributed by atoms with Gasteiger partial charge in [-0.05, 0) is 40.8 Å². The Bertz CT molecular complexity index is 502. The summed E-state index contributed by atoms with van der Waals surface area (Å²) in [5.74, 6) is 0.336. The molecule has 0 aromatic carbocycles. The fourth-order valence-electron chi connectivity index (χ4n) is 2.60. The number of carbonyl (C=O) groups is 1. The van der Waals surface area contributed by atoms with Crippen LogP contribution in [0.4, 0.5) is 10.9 Å². The Kier molecular flexibility index (Phi) is 5.05. The second-order valence-corrected chi connectivity index (χ2v) is 6.99. The van der Waals surface area contributed by atoms with Crippen LogP contribution < -0.4 is 11.1 Å². The number of amides is 1. The van der Waals surface area contributed by atoms with Crippen molar-refractivity contribution in [2.24, 2.45) is 0 Å². The van der Waals surface area contributed by atoms with E-state index in [1.54, 1.807) is 0 Å². The molecule has 1 fully saturated rings. The Hall–Kier alpha value is -1.34. The minimum atomic E-state index is 0.00426. The van der Waals surface area contributed by atoms with Crippen LogP contribution in [0.1, 0.15) is 36.9 Å². The average molecular weight is 311 g/mol. The number of nitrogens with one attached hydrogen (secondary N) is 1. The Morgan fingerprint density at radius 1 is 1.48 bits per heavy atom. The highest BCUT2D eigenvalue weighted by molar-refractivity contribution is 7.18. The van der Waals surface area contributed by atoms with Crippen LogP contribution >= 0.6 is 11.3 Å². The minimum absolute atomic E-state index is 0.00426. The molecule has 0 spiro atoms.